The number of aromatic nitrogens is 1. The zero-order valence-electron chi connectivity index (χ0n) is 12.8. The van der Waals surface area contributed by atoms with Crippen LogP contribution < -0.4 is 5.32 Å². The van der Waals surface area contributed by atoms with Gasteiger partial charge in [0.15, 0.2) is 0 Å². The Hall–Kier alpha value is -1.61. The molecule has 2 rings (SSSR count). The molecular weight excluding hydrogens is 248 g/mol. The molecule has 0 fully saturated rings. The Morgan fingerprint density at radius 3 is 2.65 bits per heavy atom. The van der Waals surface area contributed by atoms with Crippen LogP contribution in [0.2, 0.25) is 0 Å². The largest absolute Gasteiger partial charge is 0.506 e. The van der Waals surface area contributed by atoms with Crippen molar-refractivity contribution in [2.24, 2.45) is 5.92 Å². The molecule has 0 saturated heterocycles. The standard InChI is InChI=1S/C17H24N2O/c1-12(2)10-17(3,4)18-11-14-9-8-13-6-5-7-15(20)16(13)19-14/h5-9,12,18,20H,10-11H2,1-4H3. The first kappa shape index (κ1) is 14.8. The topological polar surface area (TPSA) is 45.1 Å². The van der Waals surface area contributed by atoms with Gasteiger partial charge in [-0.3, -0.25) is 0 Å². The molecule has 2 N–H and O–H groups in total. The van der Waals surface area contributed by atoms with Gasteiger partial charge in [0, 0.05) is 17.5 Å². The van der Waals surface area contributed by atoms with Crippen LogP contribution in [0, 0.1) is 5.92 Å². The van der Waals surface area contributed by atoms with Gasteiger partial charge in [-0.05, 0) is 38.3 Å². The van der Waals surface area contributed by atoms with Gasteiger partial charge in [0.2, 0.25) is 0 Å². The molecule has 0 atom stereocenters. The third-order valence-corrected chi connectivity index (χ3v) is 3.42. The second-order valence-electron chi connectivity index (χ2n) is 6.49. The summed E-state index contributed by atoms with van der Waals surface area (Å²) in [6.07, 6.45) is 1.12. The van der Waals surface area contributed by atoms with Crippen molar-refractivity contribution >= 4 is 10.9 Å². The van der Waals surface area contributed by atoms with Gasteiger partial charge in [-0.25, -0.2) is 4.98 Å². The van der Waals surface area contributed by atoms with Crippen molar-refractivity contribution in [2.45, 2.75) is 46.2 Å². The van der Waals surface area contributed by atoms with E-state index < -0.39 is 0 Å². The van der Waals surface area contributed by atoms with E-state index in [1.807, 2.05) is 24.3 Å². The van der Waals surface area contributed by atoms with E-state index in [1.54, 1.807) is 6.07 Å². The summed E-state index contributed by atoms with van der Waals surface area (Å²) in [7, 11) is 0. The van der Waals surface area contributed by atoms with Gasteiger partial charge >= 0.3 is 0 Å². The molecule has 1 aromatic carbocycles. The molecule has 3 nitrogen and oxygen atoms in total. The maximum atomic E-state index is 9.86. The molecule has 0 amide bonds. The highest BCUT2D eigenvalue weighted by molar-refractivity contribution is 5.84. The van der Waals surface area contributed by atoms with Crippen LogP contribution in [0.5, 0.6) is 5.75 Å². The fraction of sp³-hybridized carbons (Fsp3) is 0.471. The number of nitrogens with one attached hydrogen (secondary N) is 1. The van der Waals surface area contributed by atoms with E-state index in [0.717, 1.165) is 17.5 Å². The highest BCUT2D eigenvalue weighted by atomic mass is 16.3. The molecule has 0 saturated carbocycles. The number of pyridine rings is 1. The van der Waals surface area contributed by atoms with Crippen molar-refractivity contribution in [3.05, 3.63) is 36.0 Å². The summed E-state index contributed by atoms with van der Waals surface area (Å²) in [4.78, 5) is 4.54. The SMILES string of the molecule is CC(C)CC(C)(C)NCc1ccc2cccc(O)c2n1. The number of aromatic hydroxyl groups is 1. The van der Waals surface area contributed by atoms with Crippen LogP contribution in [-0.2, 0) is 6.54 Å². The summed E-state index contributed by atoms with van der Waals surface area (Å²) in [6.45, 7) is 9.60. The Bertz CT molecular complexity index is 591. The average Bonchev–Trinajstić information content (AvgIpc) is 2.36. The maximum absolute atomic E-state index is 9.86. The number of phenols is 1. The zero-order valence-corrected chi connectivity index (χ0v) is 12.8. The summed E-state index contributed by atoms with van der Waals surface area (Å²) in [5.41, 5.74) is 1.72. The van der Waals surface area contributed by atoms with E-state index in [2.05, 4.69) is 38.0 Å². The van der Waals surface area contributed by atoms with E-state index in [4.69, 9.17) is 0 Å². The lowest BCUT2D eigenvalue weighted by molar-refractivity contribution is 0.315. The smallest absolute Gasteiger partial charge is 0.141 e. The molecule has 0 aliphatic heterocycles. The molecule has 0 radical (unpaired) electrons. The molecule has 1 heterocycles. The molecule has 3 heteroatoms. The van der Waals surface area contributed by atoms with Gasteiger partial charge in [0.25, 0.3) is 0 Å². The molecule has 2 aromatic rings. The number of benzene rings is 1. The summed E-state index contributed by atoms with van der Waals surface area (Å²) in [6, 6.07) is 9.50. The summed E-state index contributed by atoms with van der Waals surface area (Å²) < 4.78 is 0. The molecule has 20 heavy (non-hydrogen) atoms. The lowest BCUT2D eigenvalue weighted by Crippen LogP contribution is -2.40. The predicted molar refractivity (Wildman–Crippen MR) is 83.8 cm³/mol. The van der Waals surface area contributed by atoms with Crippen LogP contribution in [-0.4, -0.2) is 15.6 Å². The number of rotatable bonds is 5. The van der Waals surface area contributed by atoms with Crippen LogP contribution in [0.1, 0.15) is 39.8 Å². The second-order valence-corrected chi connectivity index (χ2v) is 6.49. The Balaban J connectivity index is 2.12. The van der Waals surface area contributed by atoms with E-state index in [1.165, 1.54) is 0 Å². The van der Waals surface area contributed by atoms with Crippen molar-refractivity contribution in [3.63, 3.8) is 0 Å². The summed E-state index contributed by atoms with van der Waals surface area (Å²) in [5, 5.41) is 14.4. The zero-order chi connectivity index (χ0) is 14.8. The Kier molecular flexibility index (Phi) is 4.29. The third kappa shape index (κ3) is 3.70. The van der Waals surface area contributed by atoms with E-state index in [0.29, 0.717) is 18.0 Å². The normalized spacial score (nSPS) is 12.2. The van der Waals surface area contributed by atoms with E-state index in [9.17, 15) is 5.11 Å². The first-order valence-corrected chi connectivity index (χ1v) is 7.20. The van der Waals surface area contributed by atoms with Crippen molar-refractivity contribution in [1.82, 2.24) is 10.3 Å². The minimum atomic E-state index is 0.0868. The second kappa shape index (κ2) is 5.80. The minimum absolute atomic E-state index is 0.0868. The number of nitrogens with zero attached hydrogens (tertiary/aromatic N) is 1. The molecule has 0 aliphatic rings. The molecule has 0 spiro atoms. The van der Waals surface area contributed by atoms with Gasteiger partial charge in [-0.2, -0.15) is 0 Å². The van der Waals surface area contributed by atoms with Crippen LogP contribution in [0.3, 0.4) is 0 Å². The molecular formula is C17H24N2O. The van der Waals surface area contributed by atoms with Gasteiger partial charge in [-0.1, -0.05) is 32.0 Å². The minimum Gasteiger partial charge on any atom is -0.506 e. The number of para-hydroxylation sites is 1. The van der Waals surface area contributed by atoms with E-state index in [-0.39, 0.29) is 11.3 Å². The first-order valence-electron chi connectivity index (χ1n) is 7.20. The van der Waals surface area contributed by atoms with Gasteiger partial charge in [-0.15, -0.1) is 0 Å². The molecule has 0 unspecified atom stereocenters. The predicted octanol–water partition coefficient (Wildman–Crippen LogP) is 3.85. The number of hydrogen-bond donors (Lipinski definition) is 2. The molecule has 1 aromatic heterocycles. The van der Waals surface area contributed by atoms with Crippen LogP contribution in [0.15, 0.2) is 30.3 Å². The Labute approximate surface area is 121 Å². The first-order chi connectivity index (χ1) is 9.37. The van der Waals surface area contributed by atoms with Crippen LogP contribution in [0.4, 0.5) is 0 Å². The van der Waals surface area contributed by atoms with Crippen LogP contribution >= 0.6 is 0 Å². The lowest BCUT2D eigenvalue weighted by atomic mass is 9.93. The maximum Gasteiger partial charge on any atom is 0.141 e. The van der Waals surface area contributed by atoms with Crippen LogP contribution in [0.25, 0.3) is 10.9 Å². The van der Waals surface area contributed by atoms with E-state index >= 15 is 0 Å². The Morgan fingerprint density at radius 1 is 1.20 bits per heavy atom. The molecule has 0 bridgehead atoms. The summed E-state index contributed by atoms with van der Waals surface area (Å²) >= 11 is 0. The van der Waals surface area contributed by atoms with Gasteiger partial charge in [0.1, 0.15) is 11.3 Å². The Morgan fingerprint density at radius 2 is 1.95 bits per heavy atom. The van der Waals surface area contributed by atoms with Crippen molar-refractivity contribution in [2.75, 3.05) is 0 Å². The lowest BCUT2D eigenvalue weighted by Gasteiger charge is -2.28. The summed E-state index contributed by atoms with van der Waals surface area (Å²) in [5.74, 6) is 0.900. The van der Waals surface area contributed by atoms with Crippen molar-refractivity contribution in [1.29, 1.82) is 0 Å². The van der Waals surface area contributed by atoms with Gasteiger partial charge < -0.3 is 10.4 Å². The average molecular weight is 272 g/mol. The fourth-order valence-electron chi connectivity index (χ4n) is 2.69. The van der Waals surface area contributed by atoms with Crippen molar-refractivity contribution in [3.8, 4) is 5.75 Å². The molecule has 0 aliphatic carbocycles. The van der Waals surface area contributed by atoms with Crippen molar-refractivity contribution < 1.29 is 5.11 Å². The molecule has 108 valence electrons. The highest BCUT2D eigenvalue weighted by Gasteiger charge is 2.18. The number of fused-ring (bicyclic) bond motifs is 1. The third-order valence-electron chi connectivity index (χ3n) is 3.42. The number of phenolic OH excluding ortho intramolecular Hbond substituents is 1. The fourth-order valence-corrected chi connectivity index (χ4v) is 2.69. The number of hydrogen-bond acceptors (Lipinski definition) is 3. The monoisotopic (exact) mass is 272 g/mol. The quantitative estimate of drug-likeness (QED) is 0.869. The highest BCUT2D eigenvalue weighted by Crippen LogP contribution is 2.23. The van der Waals surface area contributed by atoms with Gasteiger partial charge in [0.05, 0.1) is 5.69 Å².